The molecule has 0 radical (unpaired) electrons. The fraction of sp³-hybridized carbons (Fsp3) is 0.417. The number of carbonyl (C=O) groups is 1. The van der Waals surface area contributed by atoms with Gasteiger partial charge in [-0.2, -0.15) is 0 Å². The molecule has 34 heavy (non-hydrogen) atoms. The number of piperidine rings is 1. The minimum atomic E-state index is -0.964. The molecular weight excluding hydrogens is 455 g/mol. The summed E-state index contributed by atoms with van der Waals surface area (Å²) in [6.45, 7) is 2.44. The van der Waals surface area contributed by atoms with Crippen molar-refractivity contribution in [2.24, 2.45) is 0 Å². The zero-order valence-corrected chi connectivity index (χ0v) is 19.8. The summed E-state index contributed by atoms with van der Waals surface area (Å²) in [5.74, 6) is 1.53. The third-order valence-corrected chi connectivity index (χ3v) is 7.30. The van der Waals surface area contributed by atoms with E-state index in [4.69, 9.17) is 4.74 Å². The molecule has 5 rings (SSSR count). The molecule has 3 aromatic heterocycles. The molecule has 2 atom stereocenters. The van der Waals surface area contributed by atoms with Crippen molar-refractivity contribution >= 4 is 34.5 Å². The van der Waals surface area contributed by atoms with Crippen molar-refractivity contribution in [1.29, 1.82) is 0 Å². The Morgan fingerprint density at radius 3 is 3.03 bits per heavy atom. The summed E-state index contributed by atoms with van der Waals surface area (Å²) >= 11 is 1.48. The maximum Gasteiger partial charge on any atom is 0.235 e. The second kappa shape index (κ2) is 10.2. The summed E-state index contributed by atoms with van der Waals surface area (Å²) in [4.78, 5) is 28.2. The summed E-state index contributed by atoms with van der Waals surface area (Å²) in [5, 5.41) is 6.12. The van der Waals surface area contributed by atoms with Gasteiger partial charge in [0, 0.05) is 37.9 Å². The van der Waals surface area contributed by atoms with E-state index >= 15 is 0 Å². The summed E-state index contributed by atoms with van der Waals surface area (Å²) in [6, 6.07) is 9.36. The number of carbonyl (C=O) groups excluding carboxylic acids is 1. The zero-order valence-electron chi connectivity index (χ0n) is 19.0. The fourth-order valence-electron chi connectivity index (χ4n) is 4.39. The van der Waals surface area contributed by atoms with Crippen molar-refractivity contribution in [3.8, 4) is 5.88 Å². The Bertz CT molecular complexity index is 1200. The molecule has 0 aromatic carbocycles. The molecule has 8 nitrogen and oxygen atoms in total. The van der Waals surface area contributed by atoms with Crippen LogP contribution in [-0.4, -0.2) is 70.5 Å². The molecule has 1 saturated heterocycles. The molecule has 0 bridgehead atoms. The third kappa shape index (κ3) is 5.13. The van der Waals surface area contributed by atoms with Crippen LogP contribution in [-0.2, 0) is 17.8 Å². The molecule has 10 heteroatoms. The highest BCUT2D eigenvalue weighted by Gasteiger charge is 2.29. The third-order valence-electron chi connectivity index (χ3n) is 6.25. The summed E-state index contributed by atoms with van der Waals surface area (Å²) in [7, 11) is 1.60. The first kappa shape index (κ1) is 22.9. The second-order valence-electron chi connectivity index (χ2n) is 8.52. The van der Waals surface area contributed by atoms with E-state index in [-0.39, 0.29) is 11.9 Å². The van der Waals surface area contributed by atoms with Crippen LogP contribution in [0.5, 0.6) is 5.88 Å². The van der Waals surface area contributed by atoms with Crippen molar-refractivity contribution < 1.29 is 13.9 Å². The van der Waals surface area contributed by atoms with Crippen LogP contribution in [0.4, 0.5) is 10.2 Å². The van der Waals surface area contributed by atoms with Gasteiger partial charge in [-0.15, -0.1) is 11.8 Å². The SMILES string of the molecule is COc1ccc2nccc(CCN3CC[C@H](NCc4ccc5c(n4)NC(=O)CS5)[C@H](F)C3)c2n1. The molecule has 5 heterocycles. The van der Waals surface area contributed by atoms with E-state index in [0.29, 0.717) is 30.5 Å². The Hall–Kier alpha value is -2.82. The summed E-state index contributed by atoms with van der Waals surface area (Å²) in [6.07, 6.45) is 2.32. The van der Waals surface area contributed by atoms with Crippen LogP contribution in [0.25, 0.3) is 11.0 Å². The summed E-state index contributed by atoms with van der Waals surface area (Å²) in [5.41, 5.74) is 3.55. The highest BCUT2D eigenvalue weighted by molar-refractivity contribution is 8.00. The van der Waals surface area contributed by atoms with Gasteiger partial charge in [0.1, 0.15) is 12.0 Å². The molecule has 0 aliphatic carbocycles. The van der Waals surface area contributed by atoms with Crippen LogP contribution in [0.1, 0.15) is 17.7 Å². The van der Waals surface area contributed by atoms with E-state index in [9.17, 15) is 9.18 Å². The molecule has 2 aliphatic heterocycles. The van der Waals surface area contributed by atoms with Crippen molar-refractivity contribution in [3.05, 3.63) is 47.8 Å². The predicted molar refractivity (Wildman–Crippen MR) is 130 cm³/mol. The number of methoxy groups -OCH3 is 1. The Labute approximate surface area is 201 Å². The van der Waals surface area contributed by atoms with E-state index in [0.717, 1.165) is 53.1 Å². The van der Waals surface area contributed by atoms with E-state index in [1.165, 1.54) is 11.8 Å². The number of aromatic nitrogens is 3. The van der Waals surface area contributed by atoms with Crippen molar-refractivity contribution in [1.82, 2.24) is 25.2 Å². The number of amides is 1. The highest BCUT2D eigenvalue weighted by Crippen LogP contribution is 2.29. The van der Waals surface area contributed by atoms with Crippen LogP contribution in [0.15, 0.2) is 41.4 Å². The first-order valence-electron chi connectivity index (χ1n) is 11.4. The lowest BCUT2D eigenvalue weighted by Gasteiger charge is -2.35. The van der Waals surface area contributed by atoms with E-state index in [1.54, 1.807) is 19.4 Å². The van der Waals surface area contributed by atoms with Gasteiger partial charge < -0.3 is 15.4 Å². The first-order chi connectivity index (χ1) is 16.6. The number of rotatable bonds is 7. The maximum absolute atomic E-state index is 15.0. The van der Waals surface area contributed by atoms with Gasteiger partial charge in [0.15, 0.2) is 0 Å². The van der Waals surface area contributed by atoms with E-state index in [2.05, 4.69) is 30.5 Å². The smallest absolute Gasteiger partial charge is 0.235 e. The number of ether oxygens (including phenoxy) is 1. The van der Waals surface area contributed by atoms with Crippen LogP contribution in [0, 0.1) is 0 Å². The number of anilines is 1. The minimum absolute atomic E-state index is 0.0408. The zero-order chi connectivity index (χ0) is 23.5. The predicted octanol–water partition coefficient (Wildman–Crippen LogP) is 2.82. The van der Waals surface area contributed by atoms with E-state index in [1.807, 2.05) is 24.3 Å². The van der Waals surface area contributed by atoms with Gasteiger partial charge in [0.2, 0.25) is 11.8 Å². The molecule has 178 valence electrons. The largest absolute Gasteiger partial charge is 0.481 e. The average Bonchev–Trinajstić information content (AvgIpc) is 2.86. The number of hydrogen-bond acceptors (Lipinski definition) is 8. The molecule has 1 fully saturated rings. The molecule has 0 spiro atoms. The molecule has 0 saturated carbocycles. The van der Waals surface area contributed by atoms with Gasteiger partial charge in [0.25, 0.3) is 0 Å². The van der Waals surface area contributed by atoms with E-state index < -0.39 is 6.17 Å². The van der Waals surface area contributed by atoms with Crippen molar-refractivity contribution in [3.63, 3.8) is 0 Å². The second-order valence-corrected chi connectivity index (χ2v) is 9.54. The number of nitrogens with one attached hydrogen (secondary N) is 2. The highest BCUT2D eigenvalue weighted by atomic mass is 32.2. The monoisotopic (exact) mass is 482 g/mol. The fourth-order valence-corrected chi connectivity index (χ4v) is 5.15. The number of alkyl halides is 1. The minimum Gasteiger partial charge on any atom is -0.481 e. The Kier molecular flexibility index (Phi) is 6.89. The number of hydrogen-bond donors (Lipinski definition) is 2. The first-order valence-corrected chi connectivity index (χ1v) is 12.4. The topological polar surface area (TPSA) is 92.3 Å². The molecule has 1 amide bonds. The Balaban J connectivity index is 1.14. The lowest BCUT2D eigenvalue weighted by atomic mass is 10.0. The molecule has 0 unspecified atom stereocenters. The van der Waals surface area contributed by atoms with Gasteiger partial charge in [-0.05, 0) is 49.2 Å². The van der Waals surface area contributed by atoms with Gasteiger partial charge >= 0.3 is 0 Å². The number of likely N-dealkylation sites (tertiary alicyclic amines) is 1. The van der Waals surface area contributed by atoms with Gasteiger partial charge in [0.05, 0.1) is 34.5 Å². The van der Waals surface area contributed by atoms with Crippen LogP contribution >= 0.6 is 11.8 Å². The standard InChI is InChI=1S/C24H27FN6O2S/c1-33-22-5-3-19-23(30-22)15(6-9-26-19)7-10-31-11-8-18(17(25)13-31)27-12-16-2-4-20-24(28-16)29-21(32)14-34-20/h2-6,9,17-18,27H,7-8,10-14H2,1H3,(H,28,29,32)/t17-,18+/m1/s1. The van der Waals surface area contributed by atoms with Crippen LogP contribution in [0.3, 0.4) is 0 Å². The molecule has 2 aliphatic rings. The lowest BCUT2D eigenvalue weighted by molar-refractivity contribution is -0.113. The van der Waals surface area contributed by atoms with Gasteiger partial charge in [-0.25, -0.2) is 14.4 Å². The van der Waals surface area contributed by atoms with Gasteiger partial charge in [-0.1, -0.05) is 0 Å². The van der Waals surface area contributed by atoms with Crippen molar-refractivity contribution in [2.75, 3.05) is 37.8 Å². The van der Waals surface area contributed by atoms with Crippen LogP contribution < -0.4 is 15.4 Å². The van der Waals surface area contributed by atoms with Gasteiger partial charge in [-0.3, -0.25) is 14.7 Å². The Morgan fingerprint density at radius 2 is 2.18 bits per heavy atom. The summed E-state index contributed by atoms with van der Waals surface area (Å²) < 4.78 is 20.2. The maximum atomic E-state index is 15.0. The Morgan fingerprint density at radius 1 is 1.26 bits per heavy atom. The molecule has 2 N–H and O–H groups in total. The van der Waals surface area contributed by atoms with Crippen molar-refractivity contribution in [2.45, 2.75) is 36.5 Å². The number of fused-ring (bicyclic) bond motifs is 2. The quantitative estimate of drug-likeness (QED) is 0.531. The number of pyridine rings is 3. The molecule has 3 aromatic rings. The number of thioether (sulfide) groups is 1. The van der Waals surface area contributed by atoms with Crippen LogP contribution in [0.2, 0.25) is 0 Å². The molecular formula is C24H27FN6O2S. The number of nitrogens with zero attached hydrogens (tertiary/aromatic N) is 4. The number of halogens is 1. The average molecular weight is 483 g/mol. The normalized spacial score (nSPS) is 20.7. The lowest BCUT2D eigenvalue weighted by Crippen LogP contribution is -2.51.